The van der Waals surface area contributed by atoms with Gasteiger partial charge >= 0.3 is 0 Å². The van der Waals surface area contributed by atoms with Gasteiger partial charge < -0.3 is 4.90 Å². The van der Waals surface area contributed by atoms with Crippen LogP contribution in [0.1, 0.15) is 12.0 Å². The fourth-order valence-electron chi connectivity index (χ4n) is 2.46. The van der Waals surface area contributed by atoms with E-state index >= 15 is 0 Å². The number of carbonyl (C=O) groups is 1. The molecule has 0 saturated heterocycles. The molecular formula is C19H20ClN3O. The SMILES string of the molecule is CN(CC(=O)N(CCC#N)c1ccccc1)Cc1ccccc1Cl. The van der Waals surface area contributed by atoms with Crippen LogP contribution in [0.25, 0.3) is 0 Å². The van der Waals surface area contributed by atoms with Gasteiger partial charge in [-0.15, -0.1) is 0 Å². The molecule has 0 unspecified atom stereocenters. The van der Waals surface area contributed by atoms with Crippen LogP contribution < -0.4 is 4.90 Å². The molecule has 0 aliphatic heterocycles. The van der Waals surface area contributed by atoms with Gasteiger partial charge in [-0.1, -0.05) is 48.0 Å². The lowest BCUT2D eigenvalue weighted by atomic mass is 10.2. The maximum atomic E-state index is 12.7. The number of nitriles is 1. The Morgan fingerprint density at radius 2 is 1.79 bits per heavy atom. The molecule has 0 fully saturated rings. The summed E-state index contributed by atoms with van der Waals surface area (Å²) < 4.78 is 0. The number of likely N-dealkylation sites (N-methyl/N-ethyl adjacent to an activating group) is 1. The number of carbonyl (C=O) groups excluding carboxylic acids is 1. The highest BCUT2D eigenvalue weighted by Crippen LogP contribution is 2.17. The first-order valence-corrected chi connectivity index (χ1v) is 8.14. The van der Waals surface area contributed by atoms with Crippen molar-refractivity contribution in [1.29, 1.82) is 5.26 Å². The number of nitrogens with zero attached hydrogens (tertiary/aromatic N) is 3. The fraction of sp³-hybridized carbons (Fsp3) is 0.263. The summed E-state index contributed by atoms with van der Waals surface area (Å²) in [6.45, 7) is 1.23. The van der Waals surface area contributed by atoms with Gasteiger partial charge in [0, 0.05) is 23.8 Å². The third-order valence-electron chi connectivity index (χ3n) is 3.62. The summed E-state index contributed by atoms with van der Waals surface area (Å²) >= 11 is 6.17. The fourth-order valence-corrected chi connectivity index (χ4v) is 2.65. The molecule has 0 heterocycles. The number of hydrogen-bond donors (Lipinski definition) is 0. The second-order valence-corrected chi connectivity index (χ2v) is 5.96. The third kappa shape index (κ3) is 5.09. The Hall–Kier alpha value is -2.35. The first-order valence-electron chi connectivity index (χ1n) is 7.76. The first kappa shape index (κ1) is 18.0. The van der Waals surface area contributed by atoms with Crippen molar-refractivity contribution in [3.05, 3.63) is 65.2 Å². The lowest BCUT2D eigenvalue weighted by Crippen LogP contribution is -2.39. The van der Waals surface area contributed by atoms with Gasteiger partial charge in [0.15, 0.2) is 0 Å². The molecule has 2 aromatic carbocycles. The molecular weight excluding hydrogens is 322 g/mol. The molecule has 4 nitrogen and oxygen atoms in total. The molecule has 124 valence electrons. The quantitative estimate of drug-likeness (QED) is 0.771. The van der Waals surface area contributed by atoms with Crippen molar-refractivity contribution >= 4 is 23.2 Å². The predicted octanol–water partition coefficient (Wildman–Crippen LogP) is 3.72. The second-order valence-electron chi connectivity index (χ2n) is 5.55. The van der Waals surface area contributed by atoms with Crippen molar-refractivity contribution in [3.63, 3.8) is 0 Å². The third-order valence-corrected chi connectivity index (χ3v) is 3.99. The minimum absolute atomic E-state index is 0.0361. The molecule has 24 heavy (non-hydrogen) atoms. The number of benzene rings is 2. The van der Waals surface area contributed by atoms with E-state index in [1.54, 1.807) is 4.90 Å². The van der Waals surface area contributed by atoms with Gasteiger partial charge in [0.2, 0.25) is 5.91 Å². The summed E-state index contributed by atoms with van der Waals surface area (Å²) in [4.78, 5) is 16.3. The highest BCUT2D eigenvalue weighted by molar-refractivity contribution is 6.31. The van der Waals surface area contributed by atoms with Gasteiger partial charge in [-0.05, 0) is 30.8 Å². The summed E-state index contributed by atoms with van der Waals surface area (Å²) in [5, 5.41) is 9.53. The van der Waals surface area contributed by atoms with Gasteiger partial charge in [-0.25, -0.2) is 0 Å². The molecule has 1 amide bonds. The molecule has 0 spiro atoms. The van der Waals surface area contributed by atoms with Crippen LogP contribution in [0.15, 0.2) is 54.6 Å². The molecule has 2 rings (SSSR count). The number of hydrogen-bond acceptors (Lipinski definition) is 3. The van der Waals surface area contributed by atoms with E-state index in [-0.39, 0.29) is 12.5 Å². The van der Waals surface area contributed by atoms with Crippen molar-refractivity contribution in [2.24, 2.45) is 0 Å². The predicted molar refractivity (Wildman–Crippen MR) is 96.8 cm³/mol. The minimum Gasteiger partial charge on any atom is -0.310 e. The second kappa shape index (κ2) is 9.07. The molecule has 5 heteroatoms. The van der Waals surface area contributed by atoms with Crippen LogP contribution in [0.3, 0.4) is 0 Å². The van der Waals surface area contributed by atoms with Crippen molar-refractivity contribution in [1.82, 2.24) is 4.90 Å². The van der Waals surface area contributed by atoms with Crippen LogP contribution in [0.5, 0.6) is 0 Å². The Kier molecular flexibility index (Phi) is 6.80. The number of halogens is 1. The molecule has 0 atom stereocenters. The van der Waals surface area contributed by atoms with Crippen LogP contribution in [0.4, 0.5) is 5.69 Å². The minimum atomic E-state index is -0.0361. The Balaban J connectivity index is 2.04. The molecule has 0 N–H and O–H groups in total. The van der Waals surface area contributed by atoms with Crippen LogP contribution >= 0.6 is 11.6 Å². The Bertz CT molecular complexity index is 712. The number of amides is 1. The van der Waals surface area contributed by atoms with Gasteiger partial charge in [0.25, 0.3) is 0 Å². The average Bonchev–Trinajstić information content (AvgIpc) is 2.58. The van der Waals surface area contributed by atoms with Crippen LogP contribution in [0.2, 0.25) is 5.02 Å². The molecule has 0 aromatic heterocycles. The molecule has 2 aromatic rings. The van der Waals surface area contributed by atoms with Gasteiger partial charge in [-0.3, -0.25) is 9.69 Å². The molecule has 0 radical (unpaired) electrons. The maximum absolute atomic E-state index is 12.7. The summed E-state index contributed by atoms with van der Waals surface area (Å²) in [5.74, 6) is -0.0361. The highest BCUT2D eigenvalue weighted by Gasteiger charge is 2.17. The summed E-state index contributed by atoms with van der Waals surface area (Å²) in [6.07, 6.45) is 0.300. The van der Waals surface area contributed by atoms with E-state index in [9.17, 15) is 4.79 Å². The van der Waals surface area contributed by atoms with E-state index in [1.807, 2.05) is 66.5 Å². The number of anilines is 1. The van der Waals surface area contributed by atoms with Crippen molar-refractivity contribution in [2.45, 2.75) is 13.0 Å². The zero-order valence-corrected chi connectivity index (χ0v) is 14.4. The smallest absolute Gasteiger partial charge is 0.241 e. The maximum Gasteiger partial charge on any atom is 0.241 e. The molecule has 0 bridgehead atoms. The van der Waals surface area contributed by atoms with Crippen LogP contribution in [-0.4, -0.2) is 30.9 Å². The largest absolute Gasteiger partial charge is 0.310 e. The normalized spacial score (nSPS) is 10.4. The van der Waals surface area contributed by atoms with Gasteiger partial charge in [-0.2, -0.15) is 5.26 Å². The topological polar surface area (TPSA) is 47.3 Å². The highest BCUT2D eigenvalue weighted by atomic mass is 35.5. The van der Waals surface area contributed by atoms with Gasteiger partial charge in [0.1, 0.15) is 0 Å². The molecule has 0 saturated carbocycles. The molecule has 0 aliphatic carbocycles. The monoisotopic (exact) mass is 341 g/mol. The summed E-state index contributed by atoms with van der Waals surface area (Å²) in [7, 11) is 1.88. The van der Waals surface area contributed by atoms with E-state index in [0.717, 1.165) is 11.3 Å². The van der Waals surface area contributed by atoms with Gasteiger partial charge in [0.05, 0.1) is 19.0 Å². The lowest BCUT2D eigenvalue weighted by molar-refractivity contribution is -0.119. The van der Waals surface area contributed by atoms with Crippen molar-refractivity contribution in [2.75, 3.05) is 25.0 Å². The molecule has 0 aliphatic rings. The zero-order valence-electron chi connectivity index (χ0n) is 13.7. The standard InChI is InChI=1S/C19H20ClN3O/c1-22(14-16-8-5-6-11-18(16)20)15-19(24)23(13-7-12-21)17-9-3-2-4-10-17/h2-6,8-11H,7,13-15H2,1H3. The number of rotatable bonds is 7. The number of para-hydroxylation sites is 1. The zero-order chi connectivity index (χ0) is 17.4. The first-order chi connectivity index (χ1) is 11.6. The Morgan fingerprint density at radius 3 is 2.46 bits per heavy atom. The van der Waals surface area contributed by atoms with E-state index in [0.29, 0.717) is 24.5 Å². The van der Waals surface area contributed by atoms with E-state index in [1.165, 1.54) is 0 Å². The van der Waals surface area contributed by atoms with Crippen LogP contribution in [0, 0.1) is 11.3 Å². The van der Waals surface area contributed by atoms with E-state index in [2.05, 4.69) is 6.07 Å². The average molecular weight is 342 g/mol. The van der Waals surface area contributed by atoms with E-state index < -0.39 is 0 Å². The van der Waals surface area contributed by atoms with Crippen molar-refractivity contribution < 1.29 is 4.79 Å². The van der Waals surface area contributed by atoms with Crippen LogP contribution in [-0.2, 0) is 11.3 Å². The summed E-state index contributed by atoms with van der Waals surface area (Å²) in [6, 6.07) is 19.1. The Labute approximate surface area is 147 Å². The Morgan fingerprint density at radius 1 is 1.12 bits per heavy atom. The lowest BCUT2D eigenvalue weighted by Gasteiger charge is -2.25. The van der Waals surface area contributed by atoms with E-state index in [4.69, 9.17) is 16.9 Å². The van der Waals surface area contributed by atoms with Crippen molar-refractivity contribution in [3.8, 4) is 6.07 Å². The summed E-state index contributed by atoms with van der Waals surface area (Å²) in [5.41, 5.74) is 1.79.